The molecule has 0 N–H and O–H groups in total. The van der Waals surface area contributed by atoms with E-state index in [0.717, 1.165) is 31.2 Å². The predicted molar refractivity (Wildman–Crippen MR) is 67.3 cm³/mol. The summed E-state index contributed by atoms with van der Waals surface area (Å²) in [4.78, 5) is 25.6. The Morgan fingerprint density at radius 2 is 2.06 bits per heavy atom. The summed E-state index contributed by atoms with van der Waals surface area (Å²) in [5, 5.41) is 0. The molecule has 0 unspecified atom stereocenters. The van der Waals surface area contributed by atoms with E-state index in [1.54, 1.807) is 6.20 Å². The molecule has 0 spiro atoms. The Kier molecular flexibility index (Phi) is 2.73. The molecule has 3 rings (SSSR count). The van der Waals surface area contributed by atoms with Gasteiger partial charge >= 0.3 is 0 Å². The van der Waals surface area contributed by atoms with Crippen molar-refractivity contribution < 1.29 is 9.59 Å². The van der Waals surface area contributed by atoms with Crippen LogP contribution in [0.15, 0.2) is 18.5 Å². The molecule has 1 aromatic rings. The largest absolute Gasteiger partial charge is 0.344 e. The Labute approximate surface area is 107 Å². The smallest absolute Gasteiger partial charge is 0.242 e. The Bertz CT molecular complexity index is 484. The monoisotopic (exact) mass is 246 g/mol. The van der Waals surface area contributed by atoms with Crippen LogP contribution in [0.5, 0.6) is 0 Å². The molecule has 18 heavy (non-hydrogen) atoms. The highest BCUT2D eigenvalue weighted by Gasteiger charge is 2.31. The molecule has 96 valence electrons. The molecule has 0 aromatic carbocycles. The quantitative estimate of drug-likeness (QED) is 0.742. The number of carbonyl (C=O) groups excluding carboxylic acids is 2. The molecule has 0 saturated heterocycles. The molecule has 2 aliphatic rings. The van der Waals surface area contributed by atoms with Crippen molar-refractivity contribution in [2.24, 2.45) is 5.92 Å². The lowest BCUT2D eigenvalue weighted by atomic mass is 10.1. The molecule has 0 aliphatic heterocycles. The molecule has 1 heterocycles. The number of aromatic nitrogens is 1. The predicted octanol–water partition coefficient (Wildman–Crippen LogP) is 1.70. The number of ketones is 1. The highest BCUT2D eigenvalue weighted by Crippen LogP contribution is 2.32. The van der Waals surface area contributed by atoms with Crippen molar-refractivity contribution in [3.05, 3.63) is 24.0 Å². The Morgan fingerprint density at radius 1 is 1.33 bits per heavy atom. The van der Waals surface area contributed by atoms with Crippen LogP contribution < -0.4 is 0 Å². The van der Waals surface area contributed by atoms with Gasteiger partial charge in [-0.1, -0.05) is 0 Å². The van der Waals surface area contributed by atoms with Crippen molar-refractivity contribution in [2.45, 2.75) is 38.3 Å². The van der Waals surface area contributed by atoms with Crippen LogP contribution in [0.2, 0.25) is 0 Å². The number of nitrogens with zero attached hydrogens (tertiary/aromatic N) is 2. The maximum atomic E-state index is 11.9. The van der Waals surface area contributed by atoms with Crippen molar-refractivity contribution in [1.29, 1.82) is 0 Å². The first-order valence-electron chi connectivity index (χ1n) is 6.61. The summed E-state index contributed by atoms with van der Waals surface area (Å²) in [6.45, 7) is 0.338. The van der Waals surface area contributed by atoms with Gasteiger partial charge < -0.3 is 9.47 Å². The molecule has 2 saturated carbocycles. The van der Waals surface area contributed by atoms with Gasteiger partial charge in [0.1, 0.15) is 6.54 Å². The van der Waals surface area contributed by atoms with Gasteiger partial charge in [0.25, 0.3) is 0 Å². The Balaban J connectivity index is 1.62. The molecular weight excluding hydrogens is 228 g/mol. The van der Waals surface area contributed by atoms with E-state index in [0.29, 0.717) is 12.6 Å². The Morgan fingerprint density at radius 3 is 2.67 bits per heavy atom. The van der Waals surface area contributed by atoms with Crippen LogP contribution in [-0.4, -0.2) is 34.2 Å². The van der Waals surface area contributed by atoms with Gasteiger partial charge in [-0.15, -0.1) is 0 Å². The molecule has 2 fully saturated rings. The average molecular weight is 246 g/mol. The zero-order chi connectivity index (χ0) is 12.7. The topological polar surface area (TPSA) is 42.3 Å². The second kappa shape index (κ2) is 4.26. The van der Waals surface area contributed by atoms with Gasteiger partial charge in [0.15, 0.2) is 5.78 Å². The van der Waals surface area contributed by atoms with E-state index < -0.39 is 0 Å². The highest BCUT2D eigenvalue weighted by atomic mass is 16.2. The average Bonchev–Trinajstić information content (AvgIpc) is 3.24. The number of hydrogen-bond acceptors (Lipinski definition) is 2. The minimum atomic E-state index is 0.124. The lowest BCUT2D eigenvalue weighted by molar-refractivity contribution is -0.131. The van der Waals surface area contributed by atoms with E-state index in [9.17, 15) is 9.59 Å². The summed E-state index contributed by atoms with van der Waals surface area (Å²) in [7, 11) is 1.86. The summed E-state index contributed by atoms with van der Waals surface area (Å²) in [6, 6.07) is 2.27. The molecule has 0 atom stereocenters. The fourth-order valence-electron chi connectivity index (χ4n) is 2.20. The Hall–Kier alpha value is -1.58. The van der Waals surface area contributed by atoms with Crippen LogP contribution in [0.25, 0.3) is 0 Å². The van der Waals surface area contributed by atoms with Crippen LogP contribution in [0.3, 0.4) is 0 Å². The fraction of sp³-hybridized carbons (Fsp3) is 0.571. The van der Waals surface area contributed by atoms with E-state index in [2.05, 4.69) is 0 Å². The number of Topliss-reactive ketones (excluding diaryl/α,β-unsaturated/α-hetero) is 1. The molecule has 1 amide bonds. The number of rotatable bonds is 5. The zero-order valence-corrected chi connectivity index (χ0v) is 10.6. The number of carbonyl (C=O) groups is 2. The standard InChI is InChI=1S/C14H18N2O2/c1-15(12-4-5-12)13(17)9-16-7-6-11(8-16)14(18)10-2-3-10/h6-8,10,12H,2-5,9H2,1H3. The minimum absolute atomic E-state index is 0.124. The molecular formula is C14H18N2O2. The van der Waals surface area contributed by atoms with Crippen molar-refractivity contribution in [1.82, 2.24) is 9.47 Å². The van der Waals surface area contributed by atoms with E-state index in [1.165, 1.54) is 0 Å². The molecule has 4 heteroatoms. The third-order valence-corrected chi connectivity index (χ3v) is 3.79. The maximum absolute atomic E-state index is 11.9. The summed E-state index contributed by atoms with van der Waals surface area (Å²) < 4.78 is 1.82. The van der Waals surface area contributed by atoms with Crippen molar-refractivity contribution in [2.75, 3.05) is 7.05 Å². The second-order valence-corrected chi connectivity index (χ2v) is 5.45. The first-order valence-corrected chi connectivity index (χ1v) is 6.61. The summed E-state index contributed by atoms with van der Waals surface area (Å²) in [6.07, 6.45) is 7.92. The van der Waals surface area contributed by atoms with Gasteiger partial charge in [0, 0.05) is 37.0 Å². The maximum Gasteiger partial charge on any atom is 0.242 e. The summed E-state index contributed by atoms with van der Waals surface area (Å²) in [5.74, 6) is 0.598. The van der Waals surface area contributed by atoms with Crippen LogP contribution >= 0.6 is 0 Å². The van der Waals surface area contributed by atoms with E-state index in [4.69, 9.17) is 0 Å². The number of likely N-dealkylation sites (N-methyl/N-ethyl adjacent to an activating group) is 1. The fourth-order valence-corrected chi connectivity index (χ4v) is 2.20. The van der Waals surface area contributed by atoms with E-state index in [1.807, 2.05) is 28.8 Å². The van der Waals surface area contributed by atoms with Crippen LogP contribution in [-0.2, 0) is 11.3 Å². The highest BCUT2D eigenvalue weighted by molar-refractivity contribution is 5.99. The van der Waals surface area contributed by atoms with Gasteiger partial charge in [-0.3, -0.25) is 9.59 Å². The third-order valence-electron chi connectivity index (χ3n) is 3.79. The second-order valence-electron chi connectivity index (χ2n) is 5.45. The zero-order valence-electron chi connectivity index (χ0n) is 10.6. The first-order chi connectivity index (χ1) is 8.65. The van der Waals surface area contributed by atoms with Crippen molar-refractivity contribution >= 4 is 11.7 Å². The van der Waals surface area contributed by atoms with Gasteiger partial charge in [-0.2, -0.15) is 0 Å². The lowest BCUT2D eigenvalue weighted by Gasteiger charge is -2.16. The molecule has 0 bridgehead atoms. The van der Waals surface area contributed by atoms with Crippen molar-refractivity contribution in [3.63, 3.8) is 0 Å². The van der Waals surface area contributed by atoms with E-state index >= 15 is 0 Å². The number of amides is 1. The SMILES string of the molecule is CN(C(=O)Cn1ccc(C(=O)C2CC2)c1)C1CC1. The van der Waals surface area contributed by atoms with Crippen LogP contribution in [0.1, 0.15) is 36.0 Å². The summed E-state index contributed by atoms with van der Waals surface area (Å²) >= 11 is 0. The molecule has 2 aliphatic carbocycles. The van der Waals surface area contributed by atoms with Crippen LogP contribution in [0.4, 0.5) is 0 Å². The van der Waals surface area contributed by atoms with Gasteiger partial charge in [-0.05, 0) is 31.7 Å². The first kappa shape index (κ1) is 11.5. The van der Waals surface area contributed by atoms with Gasteiger partial charge in [0.05, 0.1) is 0 Å². The molecule has 4 nitrogen and oxygen atoms in total. The third kappa shape index (κ3) is 2.33. The minimum Gasteiger partial charge on any atom is -0.344 e. The van der Waals surface area contributed by atoms with Gasteiger partial charge in [-0.25, -0.2) is 0 Å². The van der Waals surface area contributed by atoms with E-state index in [-0.39, 0.29) is 17.6 Å². The lowest BCUT2D eigenvalue weighted by Crippen LogP contribution is -2.31. The molecule has 1 aromatic heterocycles. The number of hydrogen-bond donors (Lipinski definition) is 0. The van der Waals surface area contributed by atoms with Gasteiger partial charge in [0.2, 0.25) is 5.91 Å². The summed E-state index contributed by atoms with van der Waals surface area (Å²) in [5.41, 5.74) is 0.749. The van der Waals surface area contributed by atoms with Crippen LogP contribution in [0, 0.1) is 5.92 Å². The molecule has 0 radical (unpaired) electrons. The normalized spacial score (nSPS) is 18.7. The van der Waals surface area contributed by atoms with Crippen molar-refractivity contribution in [3.8, 4) is 0 Å².